The summed E-state index contributed by atoms with van der Waals surface area (Å²) in [7, 11) is 0. The number of primary amides is 1. The van der Waals surface area contributed by atoms with Gasteiger partial charge >= 0.3 is 0 Å². The van der Waals surface area contributed by atoms with Crippen molar-refractivity contribution in [3.8, 4) is 0 Å². The van der Waals surface area contributed by atoms with Gasteiger partial charge in [-0.25, -0.2) is 4.98 Å². The van der Waals surface area contributed by atoms with Gasteiger partial charge in [0.2, 0.25) is 5.91 Å². The third kappa shape index (κ3) is 2.82. The molecule has 0 aliphatic rings. The van der Waals surface area contributed by atoms with Crippen molar-refractivity contribution in [3.05, 3.63) is 18.2 Å². The lowest BCUT2D eigenvalue weighted by molar-refractivity contribution is -0.120. The Labute approximate surface area is 96.0 Å². The van der Waals surface area contributed by atoms with Crippen molar-refractivity contribution in [2.24, 2.45) is 5.73 Å². The third-order valence-corrected chi connectivity index (χ3v) is 2.33. The molecule has 1 heterocycles. The van der Waals surface area contributed by atoms with Crippen LogP contribution in [0.1, 0.15) is 45.5 Å². The molecule has 16 heavy (non-hydrogen) atoms. The quantitative estimate of drug-likeness (QED) is 0.783. The maximum Gasteiger partial charge on any atom is 0.240 e. The van der Waals surface area contributed by atoms with Crippen molar-refractivity contribution >= 4 is 5.91 Å². The molecule has 3 N–H and O–H groups in total. The molecule has 5 nitrogen and oxygen atoms in total. The smallest absolute Gasteiger partial charge is 0.240 e. The Morgan fingerprint density at radius 2 is 2.06 bits per heavy atom. The van der Waals surface area contributed by atoms with Gasteiger partial charge in [0.1, 0.15) is 6.04 Å². The van der Waals surface area contributed by atoms with Crippen LogP contribution in [0.15, 0.2) is 12.5 Å². The number of nitrogens with one attached hydrogen (secondary N) is 1. The fourth-order valence-corrected chi connectivity index (χ4v) is 1.62. The molecule has 1 atom stereocenters. The van der Waals surface area contributed by atoms with Crippen LogP contribution in [0.25, 0.3) is 0 Å². The number of nitrogens with zero attached hydrogens (tertiary/aromatic N) is 2. The molecular weight excluding hydrogens is 204 g/mol. The Kier molecular flexibility index (Phi) is 4.06. The normalized spacial score (nSPS) is 13.4. The summed E-state index contributed by atoms with van der Waals surface area (Å²) in [6.45, 7) is 8.04. The zero-order valence-electron chi connectivity index (χ0n) is 10.3. The minimum absolute atomic E-state index is 0.188. The molecule has 0 fully saturated rings. The van der Waals surface area contributed by atoms with E-state index in [-0.39, 0.29) is 18.0 Å². The number of imidazole rings is 1. The van der Waals surface area contributed by atoms with E-state index in [1.165, 1.54) is 0 Å². The monoisotopic (exact) mass is 224 g/mol. The Morgan fingerprint density at radius 3 is 2.50 bits per heavy atom. The topological polar surface area (TPSA) is 72.9 Å². The van der Waals surface area contributed by atoms with E-state index >= 15 is 0 Å². The number of amides is 1. The molecule has 1 aromatic heterocycles. The lowest BCUT2D eigenvalue weighted by atomic mass is 10.1. The Morgan fingerprint density at radius 1 is 1.44 bits per heavy atom. The van der Waals surface area contributed by atoms with E-state index in [9.17, 15) is 4.79 Å². The van der Waals surface area contributed by atoms with Gasteiger partial charge in [-0.3, -0.25) is 10.1 Å². The summed E-state index contributed by atoms with van der Waals surface area (Å²) < 4.78 is 1.95. The number of aromatic nitrogens is 2. The average Bonchev–Trinajstić information content (AvgIpc) is 2.61. The summed E-state index contributed by atoms with van der Waals surface area (Å²) in [6.07, 6.45) is 3.41. The predicted molar refractivity (Wildman–Crippen MR) is 62.8 cm³/mol. The van der Waals surface area contributed by atoms with Gasteiger partial charge in [-0.1, -0.05) is 0 Å². The molecule has 1 aromatic rings. The maximum atomic E-state index is 11.4. The van der Waals surface area contributed by atoms with Gasteiger partial charge in [-0.2, -0.15) is 0 Å². The lowest BCUT2D eigenvalue weighted by Crippen LogP contribution is -2.38. The van der Waals surface area contributed by atoms with E-state index < -0.39 is 6.04 Å². The summed E-state index contributed by atoms with van der Waals surface area (Å²) in [5, 5.41) is 3.14. The van der Waals surface area contributed by atoms with Gasteiger partial charge in [0.05, 0.1) is 18.2 Å². The minimum Gasteiger partial charge on any atom is -0.368 e. The first-order chi connectivity index (χ1) is 7.43. The number of carbonyl (C=O) groups is 1. The van der Waals surface area contributed by atoms with Gasteiger partial charge in [-0.05, 0) is 27.7 Å². The van der Waals surface area contributed by atoms with Crippen LogP contribution in [0.5, 0.6) is 0 Å². The molecule has 0 aliphatic heterocycles. The number of hydrogen-bond donors (Lipinski definition) is 2. The van der Waals surface area contributed by atoms with Gasteiger partial charge < -0.3 is 10.3 Å². The van der Waals surface area contributed by atoms with Crippen LogP contribution in [0, 0.1) is 0 Å². The van der Waals surface area contributed by atoms with Crippen LogP contribution in [0.3, 0.4) is 0 Å². The zero-order valence-corrected chi connectivity index (χ0v) is 10.3. The van der Waals surface area contributed by atoms with E-state index in [0.717, 1.165) is 5.69 Å². The summed E-state index contributed by atoms with van der Waals surface area (Å²) in [4.78, 5) is 15.5. The number of rotatable bonds is 5. The molecule has 0 aromatic carbocycles. The number of carbonyl (C=O) groups excluding carboxylic acids is 1. The van der Waals surface area contributed by atoms with Crippen LogP contribution in [0.2, 0.25) is 0 Å². The average molecular weight is 224 g/mol. The minimum atomic E-state index is -0.482. The molecule has 0 saturated carbocycles. The second kappa shape index (κ2) is 5.12. The van der Waals surface area contributed by atoms with E-state index in [2.05, 4.69) is 10.3 Å². The van der Waals surface area contributed by atoms with Crippen LogP contribution in [-0.2, 0) is 4.79 Å². The van der Waals surface area contributed by atoms with Gasteiger partial charge in [0, 0.05) is 12.1 Å². The number of nitrogens with two attached hydrogens (primary N) is 1. The molecule has 0 saturated heterocycles. The number of hydrogen-bond acceptors (Lipinski definition) is 3. The molecular formula is C11H20N4O. The highest BCUT2D eigenvalue weighted by molar-refractivity contribution is 5.81. The van der Waals surface area contributed by atoms with Gasteiger partial charge in [0.15, 0.2) is 0 Å². The Hall–Kier alpha value is -1.36. The maximum absolute atomic E-state index is 11.4. The summed E-state index contributed by atoms with van der Waals surface area (Å²) in [6, 6.07) is -0.0359. The summed E-state index contributed by atoms with van der Waals surface area (Å²) >= 11 is 0. The second-order valence-electron chi connectivity index (χ2n) is 4.48. The summed E-state index contributed by atoms with van der Waals surface area (Å²) in [5.74, 6) is -0.379. The fraction of sp³-hybridized carbons (Fsp3) is 0.636. The molecule has 90 valence electrons. The molecule has 1 rings (SSSR count). The first kappa shape index (κ1) is 12.7. The van der Waals surface area contributed by atoms with Gasteiger partial charge in [0.25, 0.3) is 0 Å². The Bertz CT molecular complexity index is 357. The second-order valence-corrected chi connectivity index (χ2v) is 4.48. The first-order valence-corrected chi connectivity index (χ1v) is 5.50. The molecule has 0 radical (unpaired) electrons. The van der Waals surface area contributed by atoms with E-state index in [1.54, 1.807) is 12.5 Å². The highest BCUT2D eigenvalue weighted by Crippen LogP contribution is 2.17. The molecule has 0 bridgehead atoms. The first-order valence-electron chi connectivity index (χ1n) is 5.50. The van der Waals surface area contributed by atoms with Crippen molar-refractivity contribution in [1.82, 2.24) is 14.9 Å². The summed E-state index contributed by atoms with van der Waals surface area (Å²) in [5.41, 5.74) is 6.22. The van der Waals surface area contributed by atoms with Crippen molar-refractivity contribution < 1.29 is 4.79 Å². The standard InChI is InChI=1S/C11H20N4O/c1-7(2)14-10(11(12)16)9-5-13-6-15(9)8(3)4/h5-8,10,14H,1-4H3,(H2,12,16). The predicted octanol–water partition coefficient (Wildman–Crippen LogP) is 0.988. The van der Waals surface area contributed by atoms with E-state index in [4.69, 9.17) is 5.73 Å². The SMILES string of the molecule is CC(C)NC(C(N)=O)c1cncn1C(C)C. The largest absolute Gasteiger partial charge is 0.368 e. The van der Waals surface area contributed by atoms with Crippen LogP contribution in [-0.4, -0.2) is 21.5 Å². The highest BCUT2D eigenvalue weighted by Gasteiger charge is 2.22. The van der Waals surface area contributed by atoms with Crippen LogP contribution in [0.4, 0.5) is 0 Å². The van der Waals surface area contributed by atoms with Crippen LogP contribution < -0.4 is 11.1 Å². The van der Waals surface area contributed by atoms with Crippen molar-refractivity contribution in [3.63, 3.8) is 0 Å². The molecule has 1 amide bonds. The Balaban J connectivity index is 3.01. The molecule has 0 aliphatic carbocycles. The van der Waals surface area contributed by atoms with Crippen molar-refractivity contribution in [2.45, 2.75) is 45.8 Å². The van der Waals surface area contributed by atoms with Crippen molar-refractivity contribution in [1.29, 1.82) is 0 Å². The van der Waals surface area contributed by atoms with Crippen LogP contribution >= 0.6 is 0 Å². The van der Waals surface area contributed by atoms with E-state index in [0.29, 0.717) is 0 Å². The zero-order chi connectivity index (χ0) is 12.3. The molecule has 1 unspecified atom stereocenters. The van der Waals surface area contributed by atoms with Gasteiger partial charge in [-0.15, -0.1) is 0 Å². The highest BCUT2D eigenvalue weighted by atomic mass is 16.1. The van der Waals surface area contributed by atoms with E-state index in [1.807, 2.05) is 32.3 Å². The molecule has 5 heteroatoms. The lowest BCUT2D eigenvalue weighted by Gasteiger charge is -2.21. The fourth-order valence-electron chi connectivity index (χ4n) is 1.62. The third-order valence-electron chi connectivity index (χ3n) is 2.33. The van der Waals surface area contributed by atoms with Crippen molar-refractivity contribution in [2.75, 3.05) is 0 Å². The molecule has 0 spiro atoms.